The zero-order chi connectivity index (χ0) is 14.8. The molecule has 1 aromatic heterocycles. The average molecular weight is 347 g/mol. The van der Waals surface area contributed by atoms with Crippen molar-refractivity contribution in [3.8, 4) is 0 Å². The number of nitrogens with two attached hydrogens (primary N) is 1. The molecule has 3 N–H and O–H groups in total. The zero-order valence-corrected chi connectivity index (χ0v) is 14.3. The normalized spacial score (nSPS) is 12.7. The lowest BCUT2D eigenvalue weighted by atomic mass is 10.1. The van der Waals surface area contributed by atoms with E-state index < -0.39 is 10.0 Å². The van der Waals surface area contributed by atoms with Crippen molar-refractivity contribution in [3.63, 3.8) is 0 Å². The summed E-state index contributed by atoms with van der Waals surface area (Å²) in [7, 11) is -3.49. The van der Waals surface area contributed by atoms with Gasteiger partial charge in [0.05, 0.1) is 4.90 Å². The first-order valence-electron chi connectivity index (χ1n) is 6.27. The minimum Gasteiger partial charge on any atom is -0.323 e. The molecule has 0 saturated heterocycles. The summed E-state index contributed by atoms with van der Waals surface area (Å²) >= 11 is 1.48. The van der Waals surface area contributed by atoms with Crippen LogP contribution in [0.3, 0.4) is 0 Å². The number of rotatable bonds is 5. The Labute approximate surface area is 135 Å². The van der Waals surface area contributed by atoms with Crippen molar-refractivity contribution in [2.45, 2.75) is 24.8 Å². The third-order valence-corrected chi connectivity index (χ3v) is 5.65. The number of hydrogen-bond donors (Lipinski definition) is 2. The zero-order valence-electron chi connectivity index (χ0n) is 11.9. The van der Waals surface area contributed by atoms with E-state index in [0.717, 1.165) is 15.3 Å². The van der Waals surface area contributed by atoms with Gasteiger partial charge in [-0.25, -0.2) is 13.1 Å². The van der Waals surface area contributed by atoms with Crippen LogP contribution in [-0.4, -0.2) is 15.0 Å². The van der Waals surface area contributed by atoms with Gasteiger partial charge in [0.2, 0.25) is 10.0 Å². The SMILES string of the molecule is Cc1cc(S(=O)(=O)NCC(N)c2ccccc2)c(C)s1.Cl. The predicted molar refractivity (Wildman–Crippen MR) is 89.6 cm³/mol. The van der Waals surface area contributed by atoms with Gasteiger partial charge in [0.25, 0.3) is 0 Å². The Bertz CT molecular complexity index is 684. The van der Waals surface area contributed by atoms with Crippen LogP contribution < -0.4 is 10.5 Å². The van der Waals surface area contributed by atoms with Gasteiger partial charge in [-0.2, -0.15) is 0 Å². The lowest BCUT2D eigenvalue weighted by molar-refractivity contribution is 0.572. The van der Waals surface area contributed by atoms with E-state index in [2.05, 4.69) is 4.72 Å². The van der Waals surface area contributed by atoms with Crippen LogP contribution in [0.4, 0.5) is 0 Å². The topological polar surface area (TPSA) is 72.2 Å². The van der Waals surface area contributed by atoms with Crippen LogP contribution in [0.25, 0.3) is 0 Å². The van der Waals surface area contributed by atoms with Gasteiger partial charge in [-0.05, 0) is 25.5 Å². The lowest BCUT2D eigenvalue weighted by Gasteiger charge is -2.13. The van der Waals surface area contributed by atoms with Crippen LogP contribution in [0.2, 0.25) is 0 Å². The number of sulfonamides is 1. The van der Waals surface area contributed by atoms with Gasteiger partial charge in [-0.15, -0.1) is 23.7 Å². The second kappa shape index (κ2) is 7.38. The Kier molecular flexibility index (Phi) is 6.37. The van der Waals surface area contributed by atoms with E-state index in [1.807, 2.05) is 44.2 Å². The summed E-state index contributed by atoms with van der Waals surface area (Å²) in [6.45, 7) is 3.89. The second-order valence-corrected chi connectivity index (χ2v) is 7.84. The van der Waals surface area contributed by atoms with Crippen LogP contribution in [-0.2, 0) is 10.0 Å². The maximum absolute atomic E-state index is 12.2. The van der Waals surface area contributed by atoms with Gasteiger partial charge in [-0.3, -0.25) is 0 Å². The first kappa shape index (κ1) is 18.1. The van der Waals surface area contributed by atoms with Crippen LogP contribution >= 0.6 is 23.7 Å². The van der Waals surface area contributed by atoms with Gasteiger partial charge >= 0.3 is 0 Å². The first-order valence-corrected chi connectivity index (χ1v) is 8.57. The van der Waals surface area contributed by atoms with Gasteiger partial charge in [0.1, 0.15) is 0 Å². The van der Waals surface area contributed by atoms with Crippen LogP contribution in [0.5, 0.6) is 0 Å². The number of halogens is 1. The molecule has 0 aliphatic carbocycles. The first-order chi connectivity index (χ1) is 9.40. The third-order valence-electron chi connectivity index (χ3n) is 3.01. The summed E-state index contributed by atoms with van der Waals surface area (Å²) < 4.78 is 27.1. The Morgan fingerprint density at radius 2 is 1.86 bits per heavy atom. The van der Waals surface area contributed by atoms with E-state index in [1.165, 1.54) is 11.3 Å². The van der Waals surface area contributed by atoms with Crippen molar-refractivity contribution in [3.05, 3.63) is 51.7 Å². The van der Waals surface area contributed by atoms with Crippen LogP contribution in [0.15, 0.2) is 41.3 Å². The molecule has 0 amide bonds. The number of hydrogen-bond acceptors (Lipinski definition) is 4. The molecule has 1 aromatic carbocycles. The molecule has 0 saturated carbocycles. The summed E-state index contributed by atoms with van der Waals surface area (Å²) in [5.41, 5.74) is 6.91. The van der Waals surface area contributed by atoms with Crippen molar-refractivity contribution in [2.75, 3.05) is 6.54 Å². The molecule has 1 unspecified atom stereocenters. The third kappa shape index (κ3) is 4.52. The average Bonchev–Trinajstić information content (AvgIpc) is 2.77. The number of nitrogens with one attached hydrogen (secondary N) is 1. The number of aryl methyl sites for hydroxylation is 2. The largest absolute Gasteiger partial charge is 0.323 e. The smallest absolute Gasteiger partial charge is 0.241 e. The van der Waals surface area contributed by atoms with Crippen molar-refractivity contribution < 1.29 is 8.42 Å². The molecule has 0 radical (unpaired) electrons. The minimum absolute atomic E-state index is 0. The Morgan fingerprint density at radius 1 is 1.24 bits per heavy atom. The fourth-order valence-corrected chi connectivity index (χ4v) is 4.58. The van der Waals surface area contributed by atoms with E-state index in [1.54, 1.807) is 6.07 Å². The predicted octanol–water partition coefficient (Wildman–Crippen LogP) is 2.77. The summed E-state index contributed by atoms with van der Waals surface area (Å²) in [6.07, 6.45) is 0. The van der Waals surface area contributed by atoms with Crippen molar-refractivity contribution >= 4 is 33.8 Å². The van der Waals surface area contributed by atoms with E-state index >= 15 is 0 Å². The highest BCUT2D eigenvalue weighted by atomic mass is 35.5. The van der Waals surface area contributed by atoms with Gasteiger partial charge in [-0.1, -0.05) is 30.3 Å². The van der Waals surface area contributed by atoms with Crippen molar-refractivity contribution in [1.29, 1.82) is 0 Å². The van der Waals surface area contributed by atoms with E-state index in [-0.39, 0.29) is 25.0 Å². The highest BCUT2D eigenvalue weighted by Gasteiger charge is 2.20. The van der Waals surface area contributed by atoms with E-state index in [4.69, 9.17) is 5.73 Å². The molecule has 116 valence electrons. The molecule has 0 aliphatic heterocycles. The Balaban J connectivity index is 0.00000220. The molecule has 4 nitrogen and oxygen atoms in total. The quantitative estimate of drug-likeness (QED) is 0.874. The summed E-state index contributed by atoms with van der Waals surface area (Å²) in [5, 5.41) is 0. The molecule has 0 bridgehead atoms. The molecule has 0 fully saturated rings. The van der Waals surface area contributed by atoms with Crippen molar-refractivity contribution in [2.24, 2.45) is 5.73 Å². The van der Waals surface area contributed by atoms with Gasteiger partial charge in [0, 0.05) is 22.3 Å². The second-order valence-electron chi connectivity index (χ2n) is 4.65. The Morgan fingerprint density at radius 3 is 2.38 bits per heavy atom. The minimum atomic E-state index is -3.49. The summed E-state index contributed by atoms with van der Waals surface area (Å²) in [5.74, 6) is 0. The number of thiophene rings is 1. The monoisotopic (exact) mass is 346 g/mol. The fraction of sp³-hybridized carbons (Fsp3) is 0.286. The fourth-order valence-electron chi connectivity index (χ4n) is 1.97. The summed E-state index contributed by atoms with van der Waals surface area (Å²) in [4.78, 5) is 2.12. The number of benzene rings is 1. The standard InChI is InChI=1S/C14H18N2O2S2.ClH/c1-10-8-14(11(2)19-10)20(17,18)16-9-13(15)12-6-4-3-5-7-12;/h3-8,13,16H,9,15H2,1-2H3;1H. The Hall–Kier alpha value is -0.920. The molecule has 0 spiro atoms. The molecule has 2 rings (SSSR count). The highest BCUT2D eigenvalue weighted by molar-refractivity contribution is 7.89. The van der Waals surface area contributed by atoms with E-state index in [0.29, 0.717) is 4.90 Å². The molecule has 2 aromatic rings. The molecule has 1 heterocycles. The molecule has 7 heteroatoms. The molecule has 21 heavy (non-hydrogen) atoms. The highest BCUT2D eigenvalue weighted by Crippen LogP contribution is 2.24. The van der Waals surface area contributed by atoms with Crippen LogP contribution in [0.1, 0.15) is 21.4 Å². The molecule has 1 atom stereocenters. The molecule has 0 aliphatic rings. The molecular formula is C14H19ClN2O2S2. The molecular weight excluding hydrogens is 328 g/mol. The maximum atomic E-state index is 12.2. The summed E-state index contributed by atoms with van der Waals surface area (Å²) in [6, 6.07) is 10.8. The van der Waals surface area contributed by atoms with E-state index in [9.17, 15) is 8.42 Å². The van der Waals surface area contributed by atoms with Gasteiger partial charge < -0.3 is 5.73 Å². The maximum Gasteiger partial charge on any atom is 0.241 e. The lowest BCUT2D eigenvalue weighted by Crippen LogP contribution is -2.32. The van der Waals surface area contributed by atoms with Gasteiger partial charge in [0.15, 0.2) is 0 Å². The van der Waals surface area contributed by atoms with Crippen molar-refractivity contribution in [1.82, 2.24) is 4.72 Å². The van der Waals surface area contributed by atoms with Crippen LogP contribution in [0, 0.1) is 13.8 Å².